The second-order valence-electron chi connectivity index (χ2n) is 4.88. The number of carboxylic acids is 1. The van der Waals surface area contributed by atoms with Gasteiger partial charge in [-0.25, -0.2) is 21.6 Å². The number of sulfonamides is 2. The van der Waals surface area contributed by atoms with E-state index in [-0.39, 0.29) is 28.4 Å². The first-order valence-electron chi connectivity index (χ1n) is 6.99. The third-order valence-corrected chi connectivity index (χ3v) is 5.70. The van der Waals surface area contributed by atoms with Gasteiger partial charge in [-0.1, -0.05) is 19.9 Å². The Bertz CT molecular complexity index is 772. The standard InChI is InChI=1S/C13H20N2O6S2/c1-3-8-22(18,19)14-11-7-5-6-10(13(16)17)12(11)15-23(20,21)9-4-2/h5-7,14-15H,3-4,8-9H2,1-2H3,(H,16,17). The maximum atomic E-state index is 11.9. The van der Waals surface area contributed by atoms with Gasteiger partial charge in [-0.05, 0) is 25.0 Å². The molecule has 1 aromatic rings. The highest BCUT2D eigenvalue weighted by atomic mass is 32.2. The summed E-state index contributed by atoms with van der Waals surface area (Å²) in [6.07, 6.45) is 0.701. The molecule has 0 bridgehead atoms. The molecule has 0 saturated heterocycles. The normalized spacial score (nSPS) is 11.9. The van der Waals surface area contributed by atoms with Crippen LogP contribution in [0.3, 0.4) is 0 Å². The molecular formula is C13H20N2O6S2. The van der Waals surface area contributed by atoms with Crippen molar-refractivity contribution < 1.29 is 26.7 Å². The van der Waals surface area contributed by atoms with E-state index in [2.05, 4.69) is 9.44 Å². The Kier molecular flexibility index (Phi) is 6.39. The highest BCUT2D eigenvalue weighted by Gasteiger charge is 2.21. The van der Waals surface area contributed by atoms with Gasteiger partial charge in [0.15, 0.2) is 0 Å². The average molecular weight is 364 g/mol. The van der Waals surface area contributed by atoms with Crippen LogP contribution in [0.15, 0.2) is 18.2 Å². The molecule has 0 saturated carbocycles. The lowest BCUT2D eigenvalue weighted by Gasteiger charge is -2.16. The summed E-state index contributed by atoms with van der Waals surface area (Å²) in [4.78, 5) is 11.3. The number of carbonyl (C=O) groups is 1. The molecule has 0 aliphatic rings. The van der Waals surface area contributed by atoms with Crippen molar-refractivity contribution in [3.8, 4) is 0 Å². The molecule has 0 radical (unpaired) electrons. The third-order valence-electron chi connectivity index (χ3n) is 2.76. The van der Waals surface area contributed by atoms with Crippen LogP contribution < -0.4 is 9.44 Å². The summed E-state index contributed by atoms with van der Waals surface area (Å²) in [5.74, 6) is -1.73. The first-order chi connectivity index (χ1) is 10.6. The summed E-state index contributed by atoms with van der Waals surface area (Å²) >= 11 is 0. The Morgan fingerprint density at radius 2 is 1.52 bits per heavy atom. The van der Waals surface area contributed by atoms with Crippen molar-refractivity contribution in [3.63, 3.8) is 0 Å². The van der Waals surface area contributed by atoms with Crippen molar-refractivity contribution in [3.05, 3.63) is 23.8 Å². The fourth-order valence-corrected chi connectivity index (χ4v) is 4.20. The van der Waals surface area contributed by atoms with Crippen LogP contribution >= 0.6 is 0 Å². The SMILES string of the molecule is CCCS(=O)(=O)Nc1cccc(C(=O)O)c1NS(=O)(=O)CCC. The molecule has 0 heterocycles. The van der Waals surface area contributed by atoms with Crippen molar-refractivity contribution in [2.45, 2.75) is 26.7 Å². The van der Waals surface area contributed by atoms with E-state index in [1.54, 1.807) is 13.8 Å². The van der Waals surface area contributed by atoms with Gasteiger partial charge in [-0.15, -0.1) is 0 Å². The third kappa shape index (κ3) is 5.71. The topological polar surface area (TPSA) is 130 Å². The summed E-state index contributed by atoms with van der Waals surface area (Å²) in [6, 6.07) is 3.85. The van der Waals surface area contributed by atoms with E-state index < -0.39 is 26.0 Å². The lowest BCUT2D eigenvalue weighted by molar-refractivity contribution is 0.0698. The van der Waals surface area contributed by atoms with Crippen LogP contribution in [0.4, 0.5) is 11.4 Å². The molecule has 10 heteroatoms. The number of rotatable bonds is 9. The maximum Gasteiger partial charge on any atom is 0.337 e. The Morgan fingerprint density at radius 3 is 2.00 bits per heavy atom. The smallest absolute Gasteiger partial charge is 0.337 e. The number of nitrogens with one attached hydrogen (secondary N) is 2. The molecule has 1 rings (SSSR count). The van der Waals surface area contributed by atoms with Gasteiger partial charge in [0.1, 0.15) is 0 Å². The zero-order valence-corrected chi connectivity index (χ0v) is 14.5. The number of anilines is 2. The van der Waals surface area contributed by atoms with Crippen LogP contribution in [0, 0.1) is 0 Å². The van der Waals surface area contributed by atoms with Crippen LogP contribution in [0.5, 0.6) is 0 Å². The highest BCUT2D eigenvalue weighted by molar-refractivity contribution is 7.93. The molecule has 0 spiro atoms. The van der Waals surface area contributed by atoms with Crippen molar-refractivity contribution in [2.75, 3.05) is 20.9 Å². The molecule has 8 nitrogen and oxygen atoms in total. The number of hydrogen-bond donors (Lipinski definition) is 3. The molecule has 23 heavy (non-hydrogen) atoms. The summed E-state index contributed by atoms with van der Waals surface area (Å²) < 4.78 is 52.0. The Hall–Kier alpha value is -1.81. The van der Waals surface area contributed by atoms with Gasteiger partial charge >= 0.3 is 5.97 Å². The van der Waals surface area contributed by atoms with Crippen LogP contribution in [0.25, 0.3) is 0 Å². The van der Waals surface area contributed by atoms with E-state index in [9.17, 15) is 26.7 Å². The first kappa shape index (κ1) is 19.2. The second kappa shape index (κ2) is 7.64. The minimum absolute atomic E-state index is 0.113. The lowest BCUT2D eigenvalue weighted by Crippen LogP contribution is -2.22. The van der Waals surface area contributed by atoms with Crippen molar-refractivity contribution >= 4 is 37.4 Å². The number of hydrogen-bond acceptors (Lipinski definition) is 5. The fourth-order valence-electron chi connectivity index (χ4n) is 1.89. The molecule has 0 aliphatic carbocycles. The molecule has 0 fully saturated rings. The number of aromatic carboxylic acids is 1. The summed E-state index contributed by atoms with van der Waals surface area (Å²) in [5, 5.41) is 9.21. The van der Waals surface area contributed by atoms with E-state index in [0.29, 0.717) is 12.8 Å². The number of benzene rings is 1. The zero-order valence-electron chi connectivity index (χ0n) is 12.9. The Labute approximate surface area is 136 Å². The van der Waals surface area contributed by atoms with E-state index in [4.69, 9.17) is 0 Å². The van der Waals surface area contributed by atoms with Gasteiger partial charge < -0.3 is 5.11 Å². The Morgan fingerprint density at radius 1 is 1.00 bits per heavy atom. The quantitative estimate of drug-likeness (QED) is 0.611. The molecule has 130 valence electrons. The molecule has 3 N–H and O–H groups in total. The molecule has 0 aromatic heterocycles. The zero-order chi connectivity index (χ0) is 17.7. The lowest BCUT2D eigenvalue weighted by atomic mass is 10.1. The van der Waals surface area contributed by atoms with Crippen LogP contribution in [0.2, 0.25) is 0 Å². The van der Waals surface area contributed by atoms with Crippen LogP contribution in [0.1, 0.15) is 37.0 Å². The van der Waals surface area contributed by atoms with Gasteiger partial charge in [-0.2, -0.15) is 0 Å². The van der Waals surface area contributed by atoms with Gasteiger partial charge in [0.2, 0.25) is 20.0 Å². The Balaban J connectivity index is 3.36. The summed E-state index contributed by atoms with van der Waals surface area (Å²) in [7, 11) is -7.47. The highest BCUT2D eigenvalue weighted by Crippen LogP contribution is 2.28. The predicted octanol–water partition coefficient (Wildman–Crippen LogP) is 1.69. The number of carboxylic acid groups (broad SMARTS) is 1. The maximum absolute atomic E-state index is 11.9. The molecular weight excluding hydrogens is 344 g/mol. The van der Waals surface area contributed by atoms with E-state index >= 15 is 0 Å². The summed E-state index contributed by atoms with van der Waals surface area (Å²) in [5.41, 5.74) is -0.729. The first-order valence-corrected chi connectivity index (χ1v) is 10.3. The molecule has 0 aliphatic heterocycles. The molecule has 0 unspecified atom stereocenters. The minimum atomic E-state index is -3.78. The van der Waals surface area contributed by atoms with Crippen molar-refractivity contribution in [1.82, 2.24) is 0 Å². The van der Waals surface area contributed by atoms with Gasteiger partial charge in [0, 0.05) is 0 Å². The van der Waals surface area contributed by atoms with Crippen LogP contribution in [-0.4, -0.2) is 39.4 Å². The van der Waals surface area contributed by atoms with Gasteiger partial charge in [0.25, 0.3) is 0 Å². The summed E-state index contributed by atoms with van der Waals surface area (Å²) in [6.45, 7) is 3.34. The number of para-hydroxylation sites is 1. The molecule has 0 atom stereocenters. The fraction of sp³-hybridized carbons (Fsp3) is 0.462. The minimum Gasteiger partial charge on any atom is -0.478 e. The van der Waals surface area contributed by atoms with E-state index in [1.165, 1.54) is 18.2 Å². The van der Waals surface area contributed by atoms with Crippen LogP contribution in [-0.2, 0) is 20.0 Å². The predicted molar refractivity (Wildman–Crippen MR) is 88.8 cm³/mol. The average Bonchev–Trinajstić information content (AvgIpc) is 2.39. The van der Waals surface area contributed by atoms with Crippen molar-refractivity contribution in [1.29, 1.82) is 0 Å². The molecule has 1 aromatic carbocycles. The molecule has 0 amide bonds. The second-order valence-corrected chi connectivity index (χ2v) is 8.56. The van der Waals surface area contributed by atoms with Gasteiger partial charge in [-0.3, -0.25) is 9.44 Å². The monoisotopic (exact) mass is 364 g/mol. The largest absolute Gasteiger partial charge is 0.478 e. The van der Waals surface area contributed by atoms with Gasteiger partial charge in [0.05, 0.1) is 28.4 Å². The van der Waals surface area contributed by atoms with Crippen molar-refractivity contribution in [2.24, 2.45) is 0 Å². The van der Waals surface area contributed by atoms with E-state index in [0.717, 1.165) is 0 Å². The van der Waals surface area contributed by atoms with E-state index in [1.807, 2.05) is 0 Å².